The highest BCUT2D eigenvalue weighted by Crippen LogP contribution is 2.25. The average Bonchev–Trinajstić information content (AvgIpc) is 3.38. The standard InChI is InChI=1S/C29H26N6O2S/c1-37-24-16-14-21(15-17-24)18-31-33-28(36)20-38-29-34-32-27(35(29)23-10-3-2-4-11-23)19-30-26-13-7-9-22-8-5-6-12-25(22)26/h2-18,30H,19-20H2,1H3,(H,33,36). The first-order chi connectivity index (χ1) is 18.7. The molecule has 5 aromatic rings. The van der Waals surface area contributed by atoms with Crippen molar-refractivity contribution in [3.63, 3.8) is 0 Å². The van der Waals surface area contributed by atoms with Crippen LogP contribution in [0.15, 0.2) is 107 Å². The molecule has 0 aliphatic heterocycles. The van der Waals surface area contributed by atoms with E-state index in [1.54, 1.807) is 13.3 Å². The predicted molar refractivity (Wildman–Crippen MR) is 152 cm³/mol. The van der Waals surface area contributed by atoms with E-state index in [-0.39, 0.29) is 11.7 Å². The molecule has 4 aromatic carbocycles. The lowest BCUT2D eigenvalue weighted by atomic mass is 10.1. The number of methoxy groups -OCH3 is 1. The molecule has 0 saturated heterocycles. The fraction of sp³-hybridized carbons (Fsp3) is 0.103. The Morgan fingerprint density at radius 3 is 2.53 bits per heavy atom. The minimum Gasteiger partial charge on any atom is -0.497 e. The van der Waals surface area contributed by atoms with Crippen molar-refractivity contribution in [2.45, 2.75) is 11.7 Å². The summed E-state index contributed by atoms with van der Waals surface area (Å²) in [6.45, 7) is 0.467. The Morgan fingerprint density at radius 1 is 0.947 bits per heavy atom. The highest BCUT2D eigenvalue weighted by Gasteiger charge is 2.16. The van der Waals surface area contributed by atoms with Gasteiger partial charge >= 0.3 is 0 Å². The van der Waals surface area contributed by atoms with E-state index < -0.39 is 0 Å². The number of thioether (sulfide) groups is 1. The summed E-state index contributed by atoms with van der Waals surface area (Å²) in [5.74, 6) is 1.40. The van der Waals surface area contributed by atoms with Crippen molar-refractivity contribution in [1.82, 2.24) is 20.2 Å². The molecule has 0 fully saturated rings. The number of carbonyl (C=O) groups excluding carboxylic acids is 1. The summed E-state index contributed by atoms with van der Waals surface area (Å²) in [6, 6.07) is 31.7. The van der Waals surface area contributed by atoms with Gasteiger partial charge in [0.2, 0.25) is 0 Å². The minimum absolute atomic E-state index is 0.141. The van der Waals surface area contributed by atoms with E-state index in [1.165, 1.54) is 17.1 Å². The third-order valence-corrected chi connectivity index (χ3v) is 6.72. The van der Waals surface area contributed by atoms with Gasteiger partial charge in [-0.2, -0.15) is 5.10 Å². The second-order valence-corrected chi connectivity index (χ2v) is 9.25. The van der Waals surface area contributed by atoms with Crippen LogP contribution in [0.4, 0.5) is 5.69 Å². The predicted octanol–water partition coefficient (Wildman–Crippen LogP) is 5.28. The molecular weight excluding hydrogens is 496 g/mol. The van der Waals surface area contributed by atoms with E-state index in [0.29, 0.717) is 11.7 Å². The van der Waals surface area contributed by atoms with Crippen molar-refractivity contribution in [2.24, 2.45) is 5.10 Å². The maximum atomic E-state index is 12.5. The number of anilines is 1. The number of para-hydroxylation sites is 1. The van der Waals surface area contributed by atoms with Gasteiger partial charge < -0.3 is 10.1 Å². The van der Waals surface area contributed by atoms with Crippen LogP contribution >= 0.6 is 11.8 Å². The molecular formula is C29H26N6O2S. The number of amides is 1. The number of carbonyl (C=O) groups is 1. The van der Waals surface area contributed by atoms with E-state index >= 15 is 0 Å². The van der Waals surface area contributed by atoms with Crippen LogP contribution in [0.5, 0.6) is 5.75 Å². The second kappa shape index (κ2) is 12.1. The van der Waals surface area contributed by atoms with Gasteiger partial charge in [0.1, 0.15) is 5.75 Å². The van der Waals surface area contributed by atoms with Gasteiger partial charge in [-0.15, -0.1) is 10.2 Å². The molecule has 0 radical (unpaired) electrons. The van der Waals surface area contributed by atoms with Crippen LogP contribution in [0.3, 0.4) is 0 Å². The van der Waals surface area contributed by atoms with Gasteiger partial charge in [0.05, 0.1) is 25.6 Å². The molecule has 38 heavy (non-hydrogen) atoms. The van der Waals surface area contributed by atoms with Gasteiger partial charge in [-0.25, -0.2) is 5.43 Å². The fourth-order valence-corrected chi connectivity index (χ4v) is 4.69. The molecule has 0 spiro atoms. The Kier molecular flexibility index (Phi) is 7.95. The van der Waals surface area contributed by atoms with Crippen LogP contribution in [0, 0.1) is 0 Å². The number of fused-ring (bicyclic) bond motifs is 1. The second-order valence-electron chi connectivity index (χ2n) is 8.31. The molecule has 2 N–H and O–H groups in total. The Balaban J connectivity index is 1.27. The molecule has 8 nitrogen and oxygen atoms in total. The van der Waals surface area contributed by atoms with E-state index in [1.807, 2.05) is 77.4 Å². The molecule has 9 heteroatoms. The molecule has 1 aromatic heterocycles. The van der Waals surface area contributed by atoms with E-state index in [9.17, 15) is 4.79 Å². The van der Waals surface area contributed by atoms with Crippen molar-refractivity contribution in [2.75, 3.05) is 18.2 Å². The zero-order valence-corrected chi connectivity index (χ0v) is 21.6. The molecule has 0 saturated carbocycles. The number of hydrogen-bond donors (Lipinski definition) is 2. The number of rotatable bonds is 10. The lowest BCUT2D eigenvalue weighted by Gasteiger charge is -2.12. The van der Waals surface area contributed by atoms with E-state index in [2.05, 4.69) is 50.3 Å². The SMILES string of the molecule is COc1ccc(C=NNC(=O)CSc2nnc(CNc3cccc4ccccc34)n2-c2ccccc2)cc1. The first-order valence-corrected chi connectivity index (χ1v) is 13.0. The summed E-state index contributed by atoms with van der Waals surface area (Å²) in [7, 11) is 1.62. The van der Waals surface area contributed by atoms with Crippen LogP contribution < -0.4 is 15.5 Å². The lowest BCUT2D eigenvalue weighted by Crippen LogP contribution is -2.20. The van der Waals surface area contributed by atoms with Crippen molar-refractivity contribution in [3.8, 4) is 11.4 Å². The summed E-state index contributed by atoms with van der Waals surface area (Å²) >= 11 is 1.31. The summed E-state index contributed by atoms with van der Waals surface area (Å²) in [5.41, 5.74) is 5.37. The Morgan fingerprint density at radius 2 is 1.71 bits per heavy atom. The fourth-order valence-electron chi connectivity index (χ4n) is 3.93. The minimum atomic E-state index is -0.238. The maximum absolute atomic E-state index is 12.5. The third-order valence-electron chi connectivity index (χ3n) is 5.79. The van der Waals surface area contributed by atoms with Crippen LogP contribution in [-0.4, -0.2) is 39.7 Å². The average molecular weight is 523 g/mol. The largest absolute Gasteiger partial charge is 0.497 e. The van der Waals surface area contributed by atoms with Gasteiger partial charge in [-0.3, -0.25) is 9.36 Å². The highest BCUT2D eigenvalue weighted by atomic mass is 32.2. The van der Waals surface area contributed by atoms with Crippen molar-refractivity contribution >= 4 is 40.3 Å². The molecule has 0 bridgehead atoms. The van der Waals surface area contributed by atoms with E-state index in [0.717, 1.165) is 33.9 Å². The zero-order chi connectivity index (χ0) is 26.2. The zero-order valence-electron chi connectivity index (χ0n) is 20.7. The number of nitrogens with one attached hydrogen (secondary N) is 2. The molecule has 0 aliphatic rings. The Bertz CT molecular complexity index is 1550. The molecule has 1 heterocycles. The normalized spacial score (nSPS) is 11.1. The van der Waals surface area contributed by atoms with Crippen molar-refractivity contribution in [1.29, 1.82) is 0 Å². The first-order valence-electron chi connectivity index (χ1n) is 12.0. The number of aromatic nitrogens is 3. The smallest absolute Gasteiger partial charge is 0.250 e. The van der Waals surface area contributed by atoms with Crippen LogP contribution in [0.2, 0.25) is 0 Å². The molecule has 0 unspecified atom stereocenters. The quantitative estimate of drug-likeness (QED) is 0.147. The van der Waals surface area contributed by atoms with Gasteiger partial charge in [-0.1, -0.05) is 66.4 Å². The van der Waals surface area contributed by atoms with Crippen molar-refractivity contribution in [3.05, 3.63) is 108 Å². The van der Waals surface area contributed by atoms with Gasteiger partial charge in [0.15, 0.2) is 11.0 Å². The number of ether oxygens (including phenoxy) is 1. The summed E-state index contributed by atoms with van der Waals surface area (Å²) in [4.78, 5) is 12.5. The number of benzene rings is 4. The lowest BCUT2D eigenvalue weighted by molar-refractivity contribution is -0.118. The summed E-state index contributed by atoms with van der Waals surface area (Å²) in [5, 5.41) is 19.3. The Hall–Kier alpha value is -4.63. The summed E-state index contributed by atoms with van der Waals surface area (Å²) in [6.07, 6.45) is 1.59. The van der Waals surface area contributed by atoms with Gasteiger partial charge in [0, 0.05) is 16.8 Å². The molecule has 1 amide bonds. The van der Waals surface area contributed by atoms with Gasteiger partial charge in [-0.05, 0) is 53.4 Å². The molecule has 0 atom stereocenters. The van der Waals surface area contributed by atoms with Crippen LogP contribution in [-0.2, 0) is 11.3 Å². The van der Waals surface area contributed by atoms with Crippen LogP contribution in [0.25, 0.3) is 16.5 Å². The molecule has 5 rings (SSSR count). The highest BCUT2D eigenvalue weighted by molar-refractivity contribution is 7.99. The molecule has 190 valence electrons. The maximum Gasteiger partial charge on any atom is 0.250 e. The van der Waals surface area contributed by atoms with Crippen molar-refractivity contribution < 1.29 is 9.53 Å². The number of hydrazone groups is 1. The summed E-state index contributed by atoms with van der Waals surface area (Å²) < 4.78 is 7.12. The molecule has 0 aliphatic carbocycles. The van der Waals surface area contributed by atoms with Gasteiger partial charge in [0.25, 0.3) is 5.91 Å². The first kappa shape index (κ1) is 25.0. The Labute approximate surface area is 224 Å². The third kappa shape index (κ3) is 6.01. The van der Waals surface area contributed by atoms with E-state index in [4.69, 9.17) is 4.74 Å². The van der Waals surface area contributed by atoms with Crippen LogP contribution in [0.1, 0.15) is 11.4 Å². The number of nitrogens with zero attached hydrogens (tertiary/aromatic N) is 4. The topological polar surface area (TPSA) is 93.4 Å². The monoisotopic (exact) mass is 522 g/mol. The number of hydrogen-bond acceptors (Lipinski definition) is 7.